The highest BCUT2D eigenvalue weighted by atomic mass is 15.1. The first-order valence-corrected chi connectivity index (χ1v) is 8.47. The summed E-state index contributed by atoms with van der Waals surface area (Å²) in [5.41, 5.74) is 9.80. The van der Waals surface area contributed by atoms with Crippen LogP contribution in [-0.2, 0) is 0 Å². The van der Waals surface area contributed by atoms with E-state index in [2.05, 4.69) is 40.6 Å². The van der Waals surface area contributed by atoms with Crippen LogP contribution in [0.25, 0.3) is 17.1 Å². The first-order valence-electron chi connectivity index (χ1n) is 8.47. The predicted octanol–water partition coefficient (Wildman–Crippen LogP) is 3.22. The Morgan fingerprint density at radius 2 is 1.96 bits per heavy atom. The SMILES string of the molecule is C=C(N)c1ccnc(-c2ccc(NCCCN(CC)CC)cn2)c1. The molecule has 3 N–H and O–H groups in total. The predicted molar refractivity (Wildman–Crippen MR) is 102 cm³/mol. The first-order chi connectivity index (χ1) is 11.6. The number of anilines is 1. The van der Waals surface area contributed by atoms with Crippen molar-refractivity contribution in [2.45, 2.75) is 20.3 Å². The van der Waals surface area contributed by atoms with Crippen LogP contribution in [-0.4, -0.2) is 41.0 Å². The van der Waals surface area contributed by atoms with Gasteiger partial charge in [-0.05, 0) is 50.3 Å². The van der Waals surface area contributed by atoms with Gasteiger partial charge in [-0.25, -0.2) is 0 Å². The quantitative estimate of drug-likeness (QED) is 0.693. The number of rotatable bonds is 9. The molecule has 0 fully saturated rings. The van der Waals surface area contributed by atoms with E-state index >= 15 is 0 Å². The number of hydrogen-bond donors (Lipinski definition) is 2. The van der Waals surface area contributed by atoms with Gasteiger partial charge < -0.3 is 16.0 Å². The molecule has 0 saturated heterocycles. The molecule has 0 aromatic carbocycles. The van der Waals surface area contributed by atoms with Gasteiger partial charge in [0.2, 0.25) is 0 Å². The molecule has 2 aromatic rings. The van der Waals surface area contributed by atoms with Crippen LogP contribution < -0.4 is 11.1 Å². The van der Waals surface area contributed by atoms with Crippen molar-refractivity contribution >= 4 is 11.4 Å². The lowest BCUT2D eigenvalue weighted by Crippen LogP contribution is -2.25. The zero-order valence-corrected chi connectivity index (χ0v) is 14.6. The van der Waals surface area contributed by atoms with E-state index in [1.165, 1.54) is 0 Å². The minimum atomic E-state index is 0.533. The second kappa shape index (κ2) is 9.03. The van der Waals surface area contributed by atoms with Crippen LogP contribution in [0.5, 0.6) is 0 Å². The van der Waals surface area contributed by atoms with Crippen LogP contribution in [0.15, 0.2) is 43.2 Å². The maximum Gasteiger partial charge on any atom is 0.0892 e. The van der Waals surface area contributed by atoms with Crippen LogP contribution in [0.3, 0.4) is 0 Å². The van der Waals surface area contributed by atoms with E-state index in [1.54, 1.807) is 6.20 Å². The fraction of sp³-hybridized carbons (Fsp3) is 0.368. The van der Waals surface area contributed by atoms with E-state index in [0.29, 0.717) is 5.70 Å². The molecule has 24 heavy (non-hydrogen) atoms. The molecule has 0 saturated carbocycles. The van der Waals surface area contributed by atoms with Gasteiger partial charge in [0.25, 0.3) is 0 Å². The average molecular weight is 325 g/mol. The Bertz CT molecular complexity index is 647. The van der Waals surface area contributed by atoms with E-state index in [0.717, 1.165) is 55.2 Å². The van der Waals surface area contributed by atoms with Crippen molar-refractivity contribution in [3.63, 3.8) is 0 Å². The number of hydrogen-bond acceptors (Lipinski definition) is 5. The van der Waals surface area contributed by atoms with Crippen molar-refractivity contribution in [3.05, 3.63) is 48.8 Å². The third-order valence-corrected chi connectivity index (χ3v) is 4.03. The maximum atomic E-state index is 5.74. The lowest BCUT2D eigenvalue weighted by atomic mass is 10.1. The van der Waals surface area contributed by atoms with Gasteiger partial charge >= 0.3 is 0 Å². The molecule has 0 aliphatic rings. The highest BCUT2D eigenvalue weighted by Gasteiger charge is 2.04. The summed E-state index contributed by atoms with van der Waals surface area (Å²) >= 11 is 0. The summed E-state index contributed by atoms with van der Waals surface area (Å²) in [4.78, 5) is 11.3. The van der Waals surface area contributed by atoms with E-state index in [4.69, 9.17) is 5.73 Å². The summed E-state index contributed by atoms with van der Waals surface area (Å²) in [6.45, 7) is 12.4. The van der Waals surface area contributed by atoms with Crippen molar-refractivity contribution in [1.82, 2.24) is 14.9 Å². The molecule has 2 heterocycles. The number of nitrogens with two attached hydrogens (primary N) is 1. The Morgan fingerprint density at radius 1 is 1.17 bits per heavy atom. The number of nitrogens with one attached hydrogen (secondary N) is 1. The van der Waals surface area contributed by atoms with Crippen LogP contribution in [0.4, 0.5) is 5.69 Å². The van der Waals surface area contributed by atoms with Crippen LogP contribution in [0.1, 0.15) is 25.8 Å². The molecule has 2 aromatic heterocycles. The monoisotopic (exact) mass is 325 g/mol. The lowest BCUT2D eigenvalue weighted by molar-refractivity contribution is 0.303. The Morgan fingerprint density at radius 3 is 2.58 bits per heavy atom. The molecule has 5 nitrogen and oxygen atoms in total. The zero-order chi connectivity index (χ0) is 17.4. The van der Waals surface area contributed by atoms with Crippen LogP contribution in [0.2, 0.25) is 0 Å². The van der Waals surface area contributed by atoms with E-state index in [9.17, 15) is 0 Å². The number of aromatic nitrogens is 2. The van der Waals surface area contributed by atoms with Crippen molar-refractivity contribution in [1.29, 1.82) is 0 Å². The van der Waals surface area contributed by atoms with Crippen LogP contribution in [0, 0.1) is 0 Å². The number of pyridine rings is 2. The second-order valence-corrected chi connectivity index (χ2v) is 5.69. The van der Waals surface area contributed by atoms with Crippen molar-refractivity contribution in [2.24, 2.45) is 5.73 Å². The topological polar surface area (TPSA) is 67.1 Å². The van der Waals surface area contributed by atoms with Gasteiger partial charge in [0.15, 0.2) is 0 Å². The van der Waals surface area contributed by atoms with Gasteiger partial charge in [-0.15, -0.1) is 0 Å². The standard InChI is InChI=1S/C19H27N5/c1-4-24(5-2)12-6-10-21-17-7-8-18(23-14-17)19-13-16(15(3)20)9-11-22-19/h7-9,11,13-14,21H,3-6,10,12,20H2,1-2H3. The summed E-state index contributed by atoms with van der Waals surface area (Å²) in [7, 11) is 0. The van der Waals surface area contributed by atoms with E-state index in [-0.39, 0.29) is 0 Å². The smallest absolute Gasteiger partial charge is 0.0892 e. The highest BCUT2D eigenvalue weighted by Crippen LogP contribution is 2.19. The Balaban J connectivity index is 1.91. The third-order valence-electron chi connectivity index (χ3n) is 4.03. The summed E-state index contributed by atoms with van der Waals surface area (Å²) in [6, 6.07) is 7.75. The molecule has 0 spiro atoms. The molecule has 5 heteroatoms. The largest absolute Gasteiger partial charge is 0.399 e. The highest BCUT2D eigenvalue weighted by molar-refractivity contribution is 5.66. The molecule has 0 bridgehead atoms. The third kappa shape index (κ3) is 5.06. The molecule has 0 amide bonds. The lowest BCUT2D eigenvalue weighted by Gasteiger charge is -2.17. The van der Waals surface area contributed by atoms with E-state index < -0.39 is 0 Å². The second-order valence-electron chi connectivity index (χ2n) is 5.69. The first kappa shape index (κ1) is 17.9. The fourth-order valence-electron chi connectivity index (χ4n) is 2.50. The fourth-order valence-corrected chi connectivity index (χ4v) is 2.50. The summed E-state index contributed by atoms with van der Waals surface area (Å²) in [5.74, 6) is 0. The summed E-state index contributed by atoms with van der Waals surface area (Å²) in [6.07, 6.45) is 4.69. The van der Waals surface area contributed by atoms with Crippen molar-refractivity contribution < 1.29 is 0 Å². The molecular formula is C19H27N5. The van der Waals surface area contributed by atoms with Gasteiger partial charge in [0.1, 0.15) is 0 Å². The van der Waals surface area contributed by atoms with Crippen molar-refractivity contribution in [3.8, 4) is 11.4 Å². The normalized spacial score (nSPS) is 10.8. The average Bonchev–Trinajstić information content (AvgIpc) is 2.62. The van der Waals surface area contributed by atoms with Gasteiger partial charge in [0, 0.05) is 24.0 Å². The van der Waals surface area contributed by atoms with Gasteiger partial charge in [-0.1, -0.05) is 20.4 Å². The van der Waals surface area contributed by atoms with Crippen LogP contribution >= 0.6 is 0 Å². The Labute approximate surface area is 144 Å². The maximum absolute atomic E-state index is 5.74. The molecule has 0 unspecified atom stereocenters. The van der Waals surface area contributed by atoms with Gasteiger partial charge in [0.05, 0.1) is 23.3 Å². The van der Waals surface area contributed by atoms with E-state index in [1.807, 2.05) is 30.5 Å². The molecule has 0 atom stereocenters. The molecule has 0 aliphatic heterocycles. The molecule has 0 aliphatic carbocycles. The molecular weight excluding hydrogens is 298 g/mol. The molecule has 128 valence electrons. The number of nitrogens with zero attached hydrogens (tertiary/aromatic N) is 3. The summed E-state index contributed by atoms with van der Waals surface area (Å²) in [5, 5.41) is 3.41. The molecule has 0 radical (unpaired) electrons. The zero-order valence-electron chi connectivity index (χ0n) is 14.6. The minimum Gasteiger partial charge on any atom is -0.399 e. The summed E-state index contributed by atoms with van der Waals surface area (Å²) < 4.78 is 0. The Kier molecular flexibility index (Phi) is 6.75. The van der Waals surface area contributed by atoms with Crippen molar-refractivity contribution in [2.75, 3.05) is 31.5 Å². The molecule has 2 rings (SSSR count). The van der Waals surface area contributed by atoms with Gasteiger partial charge in [-0.2, -0.15) is 0 Å². The van der Waals surface area contributed by atoms with Gasteiger partial charge in [-0.3, -0.25) is 9.97 Å². The minimum absolute atomic E-state index is 0.533. The Hall–Kier alpha value is -2.40.